The number of nitrogens with two attached hydrogens (primary N) is 1. The first-order chi connectivity index (χ1) is 13.5. The van der Waals surface area contributed by atoms with Crippen LogP contribution >= 0.6 is 0 Å². The van der Waals surface area contributed by atoms with Crippen LogP contribution in [0.15, 0.2) is 24.7 Å². The van der Waals surface area contributed by atoms with Crippen LogP contribution in [0.5, 0.6) is 0 Å². The van der Waals surface area contributed by atoms with Crippen LogP contribution in [0, 0.1) is 0 Å². The summed E-state index contributed by atoms with van der Waals surface area (Å²) in [4.78, 5) is 15.5. The lowest BCUT2D eigenvalue weighted by Gasteiger charge is -2.32. The Bertz CT molecular complexity index is 856. The SMILES string of the molecule is CC(C)N1C=Cc2cc(-c3cnc(N)nc3)nc(NC3CCC(O)CC3)c2C1. The van der Waals surface area contributed by atoms with Gasteiger partial charge < -0.3 is 21.1 Å². The van der Waals surface area contributed by atoms with Crippen molar-refractivity contribution in [3.63, 3.8) is 0 Å². The van der Waals surface area contributed by atoms with Crippen molar-refractivity contribution in [1.29, 1.82) is 0 Å². The van der Waals surface area contributed by atoms with Crippen molar-refractivity contribution in [2.45, 2.75) is 64.3 Å². The van der Waals surface area contributed by atoms with Gasteiger partial charge in [-0.1, -0.05) is 0 Å². The molecule has 1 aliphatic carbocycles. The number of anilines is 2. The summed E-state index contributed by atoms with van der Waals surface area (Å²) >= 11 is 0. The zero-order chi connectivity index (χ0) is 19.7. The number of hydrogen-bond acceptors (Lipinski definition) is 7. The van der Waals surface area contributed by atoms with Gasteiger partial charge in [0.2, 0.25) is 5.95 Å². The second kappa shape index (κ2) is 7.75. The fraction of sp³-hybridized carbons (Fsp3) is 0.476. The number of nitrogens with one attached hydrogen (secondary N) is 1. The standard InChI is InChI=1S/C21H28N6O/c1-13(2)27-8-7-14-9-19(15-10-23-21(22)24-11-15)26-20(18(14)12-27)25-16-3-5-17(28)6-4-16/h7-11,13,16-17,28H,3-6,12H2,1-2H3,(H,25,26)(H2,22,23,24). The fourth-order valence-corrected chi connectivity index (χ4v) is 3.82. The van der Waals surface area contributed by atoms with Crippen molar-refractivity contribution < 1.29 is 5.11 Å². The van der Waals surface area contributed by atoms with E-state index in [2.05, 4.69) is 52.4 Å². The van der Waals surface area contributed by atoms with Crippen molar-refractivity contribution in [2.24, 2.45) is 0 Å². The maximum absolute atomic E-state index is 9.81. The molecule has 0 bridgehead atoms. The van der Waals surface area contributed by atoms with Gasteiger partial charge in [-0.2, -0.15) is 0 Å². The lowest BCUT2D eigenvalue weighted by Crippen LogP contribution is -2.31. The third-order valence-electron chi connectivity index (χ3n) is 5.61. The van der Waals surface area contributed by atoms with Crippen LogP contribution in [0.1, 0.15) is 50.7 Å². The summed E-state index contributed by atoms with van der Waals surface area (Å²) in [7, 11) is 0. The molecule has 0 radical (unpaired) electrons. The molecule has 1 saturated carbocycles. The molecule has 2 aliphatic rings. The van der Waals surface area contributed by atoms with E-state index in [0.29, 0.717) is 12.1 Å². The van der Waals surface area contributed by atoms with Crippen LogP contribution in [-0.4, -0.2) is 43.1 Å². The quantitative estimate of drug-likeness (QED) is 0.749. The number of aliphatic hydroxyl groups is 1. The van der Waals surface area contributed by atoms with Crippen molar-refractivity contribution in [2.75, 3.05) is 11.1 Å². The Morgan fingerprint density at radius 1 is 1.18 bits per heavy atom. The molecule has 0 aromatic carbocycles. The highest BCUT2D eigenvalue weighted by molar-refractivity contribution is 5.71. The molecule has 1 fully saturated rings. The molecule has 4 rings (SSSR count). The molecule has 2 aromatic rings. The highest BCUT2D eigenvalue weighted by Gasteiger charge is 2.24. The summed E-state index contributed by atoms with van der Waals surface area (Å²) in [6.07, 6.45) is 11.1. The normalized spacial score (nSPS) is 21.6. The second-order valence-corrected chi connectivity index (χ2v) is 7.99. The van der Waals surface area contributed by atoms with Crippen LogP contribution in [0.4, 0.5) is 11.8 Å². The van der Waals surface area contributed by atoms with Crippen LogP contribution in [0.25, 0.3) is 17.3 Å². The van der Waals surface area contributed by atoms with Crippen molar-refractivity contribution in [3.05, 3.63) is 35.8 Å². The number of nitrogen functional groups attached to an aromatic ring is 1. The topological polar surface area (TPSA) is 100 Å². The van der Waals surface area contributed by atoms with E-state index in [-0.39, 0.29) is 12.1 Å². The summed E-state index contributed by atoms with van der Waals surface area (Å²) in [5.74, 6) is 1.18. The highest BCUT2D eigenvalue weighted by atomic mass is 16.3. The predicted molar refractivity (Wildman–Crippen MR) is 111 cm³/mol. The third kappa shape index (κ3) is 3.94. The van der Waals surface area contributed by atoms with Crippen molar-refractivity contribution in [1.82, 2.24) is 19.9 Å². The van der Waals surface area contributed by atoms with Crippen LogP contribution in [0.3, 0.4) is 0 Å². The minimum absolute atomic E-state index is 0.169. The van der Waals surface area contributed by atoms with E-state index in [0.717, 1.165) is 54.9 Å². The molecule has 7 heteroatoms. The summed E-state index contributed by atoms with van der Waals surface area (Å²) < 4.78 is 0. The van der Waals surface area contributed by atoms with Crippen LogP contribution in [0.2, 0.25) is 0 Å². The molecule has 1 aliphatic heterocycles. The van der Waals surface area contributed by atoms with Gasteiger partial charge in [-0.3, -0.25) is 0 Å². The van der Waals surface area contributed by atoms with E-state index in [4.69, 9.17) is 10.7 Å². The first kappa shape index (κ1) is 18.7. The van der Waals surface area contributed by atoms with Crippen molar-refractivity contribution in [3.8, 4) is 11.3 Å². The minimum atomic E-state index is -0.169. The monoisotopic (exact) mass is 380 g/mol. The van der Waals surface area contributed by atoms with Crippen LogP contribution in [-0.2, 0) is 6.54 Å². The Hall–Kier alpha value is -2.67. The number of aromatic nitrogens is 3. The molecule has 0 amide bonds. The predicted octanol–water partition coefficient (Wildman–Crippen LogP) is 3.03. The smallest absolute Gasteiger partial charge is 0.219 e. The van der Waals surface area contributed by atoms with E-state index in [1.807, 2.05) is 0 Å². The number of aliphatic hydroxyl groups excluding tert-OH is 1. The molecule has 2 aromatic heterocycles. The molecule has 4 N–H and O–H groups in total. The number of rotatable bonds is 4. The molecular formula is C21H28N6O. The minimum Gasteiger partial charge on any atom is -0.393 e. The molecule has 0 unspecified atom stereocenters. The molecule has 0 spiro atoms. The number of nitrogens with zero attached hydrogens (tertiary/aromatic N) is 4. The molecule has 28 heavy (non-hydrogen) atoms. The van der Waals surface area contributed by atoms with Gasteiger partial charge in [0.1, 0.15) is 5.82 Å². The van der Waals surface area contributed by atoms with Gasteiger partial charge in [0.25, 0.3) is 0 Å². The lowest BCUT2D eigenvalue weighted by atomic mass is 9.92. The average molecular weight is 380 g/mol. The maximum Gasteiger partial charge on any atom is 0.219 e. The average Bonchev–Trinajstić information content (AvgIpc) is 2.69. The zero-order valence-electron chi connectivity index (χ0n) is 16.5. The lowest BCUT2D eigenvalue weighted by molar-refractivity contribution is 0.126. The van der Waals surface area contributed by atoms with Gasteiger partial charge in [-0.15, -0.1) is 0 Å². The molecule has 148 valence electrons. The zero-order valence-corrected chi connectivity index (χ0v) is 16.5. The van der Waals surface area contributed by atoms with E-state index in [1.165, 1.54) is 5.56 Å². The first-order valence-electron chi connectivity index (χ1n) is 10.00. The summed E-state index contributed by atoms with van der Waals surface area (Å²) in [5.41, 5.74) is 9.69. The fourth-order valence-electron chi connectivity index (χ4n) is 3.82. The first-order valence-corrected chi connectivity index (χ1v) is 10.00. The Balaban J connectivity index is 1.70. The van der Waals surface area contributed by atoms with Gasteiger partial charge in [0, 0.05) is 48.3 Å². The summed E-state index contributed by atoms with van der Waals surface area (Å²) in [5, 5.41) is 13.5. The van der Waals surface area contributed by atoms with E-state index < -0.39 is 0 Å². The molecule has 7 nitrogen and oxygen atoms in total. The Morgan fingerprint density at radius 2 is 1.89 bits per heavy atom. The second-order valence-electron chi connectivity index (χ2n) is 7.99. The number of pyridine rings is 1. The van der Waals surface area contributed by atoms with Crippen LogP contribution < -0.4 is 11.1 Å². The van der Waals surface area contributed by atoms with E-state index in [9.17, 15) is 5.11 Å². The summed E-state index contributed by atoms with van der Waals surface area (Å²) in [6.45, 7) is 5.21. The van der Waals surface area contributed by atoms with E-state index in [1.54, 1.807) is 12.4 Å². The molecule has 0 saturated heterocycles. The third-order valence-corrected chi connectivity index (χ3v) is 5.61. The Morgan fingerprint density at radius 3 is 2.57 bits per heavy atom. The van der Waals surface area contributed by atoms with Gasteiger partial charge in [0.05, 0.1) is 11.8 Å². The maximum atomic E-state index is 9.81. The van der Waals surface area contributed by atoms with Gasteiger partial charge in [-0.05, 0) is 57.2 Å². The van der Waals surface area contributed by atoms with E-state index >= 15 is 0 Å². The summed E-state index contributed by atoms with van der Waals surface area (Å²) in [6, 6.07) is 2.84. The number of fused-ring (bicyclic) bond motifs is 1. The highest BCUT2D eigenvalue weighted by Crippen LogP contribution is 2.32. The molecule has 0 atom stereocenters. The number of hydrogen-bond donors (Lipinski definition) is 3. The van der Waals surface area contributed by atoms with Gasteiger partial charge >= 0.3 is 0 Å². The van der Waals surface area contributed by atoms with Gasteiger partial charge in [-0.25, -0.2) is 15.0 Å². The van der Waals surface area contributed by atoms with Gasteiger partial charge in [0.15, 0.2) is 0 Å². The van der Waals surface area contributed by atoms with Crippen molar-refractivity contribution >= 4 is 17.8 Å². The largest absolute Gasteiger partial charge is 0.393 e. The Kier molecular flexibility index (Phi) is 5.17. The molecular weight excluding hydrogens is 352 g/mol. The Labute approximate surface area is 165 Å². The molecule has 3 heterocycles.